The molecule has 0 saturated carbocycles. The first-order valence-corrected chi connectivity index (χ1v) is 22.1. The molecule has 0 bridgehead atoms. The number of hydrogen-bond donors (Lipinski definition) is 5. The molecule has 4 aliphatic rings. The number of aromatic nitrogens is 5. The van der Waals surface area contributed by atoms with Crippen molar-refractivity contribution in [2.24, 2.45) is 7.05 Å². The van der Waals surface area contributed by atoms with Crippen LogP contribution in [-0.2, 0) is 42.5 Å². The molecule has 0 radical (unpaired) electrons. The lowest BCUT2D eigenvalue weighted by Crippen LogP contribution is -2.39. The maximum absolute atomic E-state index is 11.9. The molecule has 2 fully saturated rings. The van der Waals surface area contributed by atoms with Crippen LogP contribution < -0.4 is 46.8 Å². The molecule has 18 heteroatoms. The highest BCUT2D eigenvalue weighted by molar-refractivity contribution is 5.90. The monoisotopic (exact) mass is 904 g/mol. The number of rotatable bonds is 9. The molecule has 66 heavy (non-hydrogen) atoms. The number of ether oxygens (including phenoxy) is 2. The van der Waals surface area contributed by atoms with E-state index in [1.807, 2.05) is 74.6 Å². The van der Waals surface area contributed by atoms with Gasteiger partial charge in [-0.2, -0.15) is 0 Å². The summed E-state index contributed by atoms with van der Waals surface area (Å²) in [7, 11) is 1.77. The topological polar surface area (TPSA) is 196 Å². The van der Waals surface area contributed by atoms with Gasteiger partial charge in [0.2, 0.25) is 5.56 Å². The molecular weight excluding hydrogens is 839 g/mol. The number of fused-ring (bicyclic) bond motifs is 2. The first kappa shape index (κ1) is 48.8. The molecule has 0 spiro atoms. The number of nitrogens with one attached hydrogen (secondary N) is 5. The molecule has 0 aliphatic carbocycles. The fraction of sp³-hybridized carbons (Fsp3) is 0.438. The molecule has 2 aromatic carbocycles. The minimum Gasteiger partial charge on any atom is -0.378 e. The Kier molecular flexibility index (Phi) is 17.0. The molecule has 9 rings (SSSR count). The van der Waals surface area contributed by atoms with E-state index in [1.165, 1.54) is 11.1 Å². The highest BCUT2D eigenvalue weighted by Gasteiger charge is 2.27. The molecule has 5 N–H and O–H groups in total. The highest BCUT2D eigenvalue weighted by atomic mass is 16.5. The number of carbonyl (C=O) groups is 2. The predicted octanol–water partition coefficient (Wildman–Crippen LogP) is 5.42. The predicted molar refractivity (Wildman–Crippen MR) is 262 cm³/mol. The quantitative estimate of drug-likeness (QED) is 0.126. The number of nitrogens with zero attached hydrogens (tertiary/aromatic N) is 8. The normalized spacial score (nSPS) is 15.3. The Morgan fingerprint density at radius 1 is 0.636 bits per heavy atom. The van der Waals surface area contributed by atoms with Crippen LogP contribution in [0.5, 0.6) is 0 Å². The Labute approximate surface area is 387 Å². The van der Waals surface area contributed by atoms with Gasteiger partial charge in [-0.1, -0.05) is 14.9 Å². The number of morpholine rings is 2. The van der Waals surface area contributed by atoms with Gasteiger partial charge in [0, 0.05) is 105 Å². The zero-order valence-electron chi connectivity index (χ0n) is 36.8. The maximum atomic E-state index is 11.9. The molecular formula is C48H65N13O5. The summed E-state index contributed by atoms with van der Waals surface area (Å²) < 4.78 is 12.7. The van der Waals surface area contributed by atoms with E-state index in [2.05, 4.69) is 41.3 Å². The average molecular weight is 904 g/mol. The summed E-state index contributed by atoms with van der Waals surface area (Å²) >= 11 is 0. The van der Waals surface area contributed by atoms with Crippen LogP contribution in [0.15, 0.2) is 71.7 Å². The number of benzene rings is 2. The third-order valence-corrected chi connectivity index (χ3v) is 11.5. The molecule has 5 aromatic rings. The van der Waals surface area contributed by atoms with Gasteiger partial charge in [0.25, 0.3) is 0 Å². The van der Waals surface area contributed by atoms with Crippen molar-refractivity contribution in [2.75, 3.05) is 104 Å². The lowest BCUT2D eigenvalue weighted by atomic mass is 10.0. The van der Waals surface area contributed by atoms with Crippen molar-refractivity contribution in [1.29, 1.82) is 0 Å². The zero-order valence-corrected chi connectivity index (χ0v) is 36.8. The lowest BCUT2D eigenvalue weighted by molar-refractivity contribution is 0.122. The second kappa shape index (κ2) is 23.0. The van der Waals surface area contributed by atoms with Gasteiger partial charge in [0.1, 0.15) is 11.6 Å². The van der Waals surface area contributed by atoms with Crippen LogP contribution >= 0.6 is 0 Å². The molecule has 0 unspecified atom stereocenters. The van der Waals surface area contributed by atoms with Gasteiger partial charge in [0.15, 0.2) is 11.6 Å². The van der Waals surface area contributed by atoms with Crippen LogP contribution in [0, 0.1) is 0 Å². The van der Waals surface area contributed by atoms with Crippen molar-refractivity contribution in [3.05, 3.63) is 99.7 Å². The first-order chi connectivity index (χ1) is 31.3. The number of urea groups is 2. The molecule has 4 aliphatic heterocycles. The Balaban J connectivity index is 0.000000218. The number of hydrogen-bond acceptors (Lipinski definition) is 13. The molecule has 2 saturated heterocycles. The molecule has 352 valence electrons. The molecule has 7 heterocycles. The number of aryl methyl sites for hydroxylation is 1. The lowest BCUT2D eigenvalue weighted by Gasteiger charge is -2.35. The van der Waals surface area contributed by atoms with Crippen LogP contribution in [0.3, 0.4) is 0 Å². The van der Waals surface area contributed by atoms with E-state index in [0.717, 1.165) is 117 Å². The Bertz CT molecular complexity index is 2470. The Morgan fingerprint density at radius 3 is 1.64 bits per heavy atom. The van der Waals surface area contributed by atoms with E-state index in [1.54, 1.807) is 17.7 Å². The van der Waals surface area contributed by atoms with Gasteiger partial charge in [-0.05, 0) is 87.8 Å². The maximum Gasteiger partial charge on any atom is 0.319 e. The third-order valence-electron chi connectivity index (χ3n) is 11.5. The standard InChI is InChI=1S/C26H31N7O3.C20H26N6O2.2CH4/c1-3-27-26(35)28-19-6-4-18(5-7-19)24-29-22-17-33(20-8-9-23(34)31(2)16-20)11-10-21(22)25(30-24)32-12-14-36-15-13-32;1-2-22-20(27)23-15-5-3-14(4-6-15)18-24-17-13-21-8-7-16(17)19(25-18)26-9-11-28-12-10-26;;/h4-9,16H,3,10-15,17H2,1-2H3,(H2,27,28,35);3-6,21H,2,7-13H2,1H3,(H2,22,23,27);2*1H4. The SMILES string of the molecule is C.C.CCNC(=O)Nc1ccc(-c2nc3c(c(N4CCOCC4)n2)CCN(c2ccc(=O)n(C)c2)C3)cc1.CCNC(=O)Nc1ccc(-c2nc3c(c(N4CCOCC4)n2)CCNC3)cc1. The Hall–Kier alpha value is -6.63. The van der Waals surface area contributed by atoms with Crippen molar-refractivity contribution >= 4 is 40.8 Å². The van der Waals surface area contributed by atoms with Crippen LogP contribution in [0.1, 0.15) is 51.2 Å². The average Bonchev–Trinajstić information content (AvgIpc) is 3.33. The van der Waals surface area contributed by atoms with E-state index in [9.17, 15) is 14.4 Å². The van der Waals surface area contributed by atoms with Crippen LogP contribution in [0.25, 0.3) is 22.8 Å². The van der Waals surface area contributed by atoms with Gasteiger partial charge >= 0.3 is 12.1 Å². The minimum atomic E-state index is -0.233. The summed E-state index contributed by atoms with van der Waals surface area (Å²) in [5, 5.41) is 14.5. The van der Waals surface area contributed by atoms with E-state index in [0.29, 0.717) is 50.2 Å². The van der Waals surface area contributed by atoms with Crippen LogP contribution in [-0.4, -0.2) is 115 Å². The number of amides is 4. The Morgan fingerprint density at radius 2 is 1.14 bits per heavy atom. The van der Waals surface area contributed by atoms with Crippen molar-refractivity contribution in [3.63, 3.8) is 0 Å². The largest absolute Gasteiger partial charge is 0.378 e. The van der Waals surface area contributed by atoms with Crippen molar-refractivity contribution < 1.29 is 19.1 Å². The van der Waals surface area contributed by atoms with Gasteiger partial charge in [-0.3, -0.25) is 4.79 Å². The fourth-order valence-corrected chi connectivity index (χ4v) is 8.15. The molecule has 3 aromatic heterocycles. The van der Waals surface area contributed by atoms with Crippen molar-refractivity contribution in [3.8, 4) is 22.8 Å². The fourth-order valence-electron chi connectivity index (χ4n) is 8.15. The number of carbonyl (C=O) groups excluding carboxylic acids is 2. The van der Waals surface area contributed by atoms with E-state index < -0.39 is 0 Å². The van der Waals surface area contributed by atoms with Crippen LogP contribution in [0.4, 0.5) is 38.3 Å². The smallest absolute Gasteiger partial charge is 0.319 e. The van der Waals surface area contributed by atoms with Gasteiger partial charge < -0.3 is 55.3 Å². The summed E-state index contributed by atoms with van der Waals surface area (Å²) in [6.45, 7) is 14.2. The summed E-state index contributed by atoms with van der Waals surface area (Å²) in [5.41, 5.74) is 8.72. The number of anilines is 5. The van der Waals surface area contributed by atoms with Gasteiger partial charge in [0.05, 0.1) is 50.0 Å². The second-order valence-corrected chi connectivity index (χ2v) is 15.8. The van der Waals surface area contributed by atoms with E-state index in [-0.39, 0.29) is 32.5 Å². The second-order valence-electron chi connectivity index (χ2n) is 15.8. The summed E-state index contributed by atoms with van der Waals surface area (Å²) in [6.07, 6.45) is 3.64. The van der Waals surface area contributed by atoms with E-state index in [4.69, 9.17) is 29.4 Å². The summed E-state index contributed by atoms with van der Waals surface area (Å²) in [6, 6.07) is 18.3. The molecule has 18 nitrogen and oxygen atoms in total. The molecule has 4 amide bonds. The summed E-state index contributed by atoms with van der Waals surface area (Å²) in [5.74, 6) is 3.38. The number of pyridine rings is 1. The zero-order chi connectivity index (χ0) is 44.4. The van der Waals surface area contributed by atoms with Crippen molar-refractivity contribution in [2.45, 2.75) is 54.6 Å². The third kappa shape index (κ3) is 11.8. The van der Waals surface area contributed by atoms with Gasteiger partial charge in [-0.15, -0.1) is 0 Å². The van der Waals surface area contributed by atoms with Crippen LogP contribution in [0.2, 0.25) is 0 Å². The van der Waals surface area contributed by atoms with Gasteiger partial charge in [-0.25, -0.2) is 29.5 Å². The van der Waals surface area contributed by atoms with E-state index >= 15 is 0 Å². The van der Waals surface area contributed by atoms with Crippen molar-refractivity contribution in [1.82, 2.24) is 40.5 Å². The molecule has 0 atom stereocenters. The summed E-state index contributed by atoms with van der Waals surface area (Å²) in [4.78, 5) is 62.0. The minimum absolute atomic E-state index is 0. The highest BCUT2D eigenvalue weighted by Crippen LogP contribution is 2.33. The first-order valence-electron chi connectivity index (χ1n) is 22.1.